The first-order valence-electron chi connectivity index (χ1n) is 6.58. The lowest BCUT2D eigenvalue weighted by molar-refractivity contribution is 0.0994. The first-order valence-corrected chi connectivity index (χ1v) is 6.58. The summed E-state index contributed by atoms with van der Waals surface area (Å²) < 4.78 is 0. The lowest BCUT2D eigenvalue weighted by Crippen LogP contribution is -2.21. The zero-order chi connectivity index (χ0) is 15.6. The molecule has 0 bridgehead atoms. The van der Waals surface area contributed by atoms with Crippen molar-refractivity contribution >= 4 is 24.2 Å². The Labute approximate surface area is 135 Å². The number of nitrogens with two attached hydrogens (primary N) is 2. The van der Waals surface area contributed by atoms with Crippen molar-refractivity contribution < 1.29 is 9.59 Å². The summed E-state index contributed by atoms with van der Waals surface area (Å²) >= 11 is 0. The molecule has 0 aliphatic heterocycles. The molecule has 4 N–H and O–H groups in total. The van der Waals surface area contributed by atoms with Gasteiger partial charge in [-0.1, -0.05) is 37.3 Å². The minimum atomic E-state index is -0.669. The van der Waals surface area contributed by atoms with E-state index < -0.39 is 11.8 Å². The van der Waals surface area contributed by atoms with Crippen LogP contribution in [0.25, 0.3) is 0 Å². The van der Waals surface area contributed by atoms with Gasteiger partial charge in [0.2, 0.25) is 5.91 Å². The lowest BCUT2D eigenvalue weighted by atomic mass is 9.94. The Morgan fingerprint density at radius 1 is 1.09 bits per heavy atom. The number of primary amides is 2. The fraction of sp³-hybridized carbons (Fsp3) is 0.188. The number of rotatable bonds is 4. The molecule has 116 valence electrons. The van der Waals surface area contributed by atoms with E-state index in [1.54, 1.807) is 13.0 Å². The molecule has 1 unspecified atom stereocenters. The fourth-order valence-corrected chi connectivity index (χ4v) is 2.26. The van der Waals surface area contributed by atoms with Crippen LogP contribution in [0.2, 0.25) is 0 Å². The second-order valence-electron chi connectivity index (χ2n) is 4.93. The van der Waals surface area contributed by atoms with E-state index in [0.717, 1.165) is 5.56 Å². The van der Waals surface area contributed by atoms with Gasteiger partial charge in [-0.25, -0.2) is 4.98 Å². The monoisotopic (exact) mass is 319 g/mol. The highest BCUT2D eigenvalue weighted by Gasteiger charge is 2.19. The largest absolute Gasteiger partial charge is 0.366 e. The number of nitrogens with zero attached hydrogens (tertiary/aromatic N) is 1. The number of carbonyl (C=O) groups excluding carboxylic acids is 2. The summed E-state index contributed by atoms with van der Waals surface area (Å²) in [6.07, 6.45) is 0. The van der Waals surface area contributed by atoms with Crippen LogP contribution in [0.4, 0.5) is 0 Å². The zero-order valence-electron chi connectivity index (χ0n) is 12.4. The molecule has 1 atom stereocenters. The number of benzene rings is 1. The Bertz CT molecular complexity index is 667. The maximum Gasteiger partial charge on any atom is 0.267 e. The van der Waals surface area contributed by atoms with Gasteiger partial charge in [0.05, 0.1) is 0 Å². The van der Waals surface area contributed by atoms with E-state index in [4.69, 9.17) is 11.5 Å². The van der Waals surface area contributed by atoms with E-state index in [1.807, 2.05) is 37.3 Å². The van der Waals surface area contributed by atoms with Crippen LogP contribution >= 0.6 is 12.4 Å². The van der Waals surface area contributed by atoms with E-state index in [-0.39, 0.29) is 29.6 Å². The topological polar surface area (TPSA) is 99.1 Å². The van der Waals surface area contributed by atoms with Crippen LogP contribution in [0.5, 0.6) is 0 Å². The van der Waals surface area contributed by atoms with Gasteiger partial charge in [0.15, 0.2) is 0 Å². The van der Waals surface area contributed by atoms with Gasteiger partial charge in [0.25, 0.3) is 5.91 Å². The second kappa shape index (κ2) is 7.04. The molecule has 2 aromatic rings. The summed E-state index contributed by atoms with van der Waals surface area (Å²) in [6.45, 7) is 3.56. The third-order valence-electron chi connectivity index (χ3n) is 3.53. The van der Waals surface area contributed by atoms with Gasteiger partial charge in [0, 0.05) is 17.2 Å². The SMILES string of the molecule is Cc1c(C(N)=O)cc(C(C)c2ccccc2)nc1C(N)=O.Cl. The Balaban J connectivity index is 0.00000242. The van der Waals surface area contributed by atoms with Crippen LogP contribution in [0.15, 0.2) is 36.4 Å². The predicted molar refractivity (Wildman–Crippen MR) is 87.2 cm³/mol. The van der Waals surface area contributed by atoms with E-state index in [9.17, 15) is 9.59 Å². The van der Waals surface area contributed by atoms with E-state index in [1.165, 1.54) is 0 Å². The van der Waals surface area contributed by atoms with Crippen molar-refractivity contribution in [1.82, 2.24) is 4.98 Å². The second-order valence-corrected chi connectivity index (χ2v) is 4.93. The van der Waals surface area contributed by atoms with Crippen LogP contribution < -0.4 is 11.5 Å². The molecule has 22 heavy (non-hydrogen) atoms. The minimum absolute atomic E-state index is 0. The molecule has 6 heteroatoms. The Morgan fingerprint density at radius 2 is 1.68 bits per heavy atom. The maximum atomic E-state index is 11.6. The van der Waals surface area contributed by atoms with Gasteiger partial charge < -0.3 is 11.5 Å². The standard InChI is InChI=1S/C16H17N3O2.ClH/c1-9(11-6-4-3-5-7-11)13-8-12(15(17)20)10(2)14(19-13)16(18)21;/h3-9H,1-2H3,(H2,17,20)(H2,18,21);1H. The van der Waals surface area contributed by atoms with Gasteiger partial charge in [-0.3, -0.25) is 9.59 Å². The first kappa shape index (κ1) is 17.7. The van der Waals surface area contributed by atoms with Crippen molar-refractivity contribution in [3.05, 3.63) is 64.5 Å². The van der Waals surface area contributed by atoms with Crippen molar-refractivity contribution in [3.63, 3.8) is 0 Å². The predicted octanol–water partition coefficient (Wildman–Crippen LogP) is 2.16. The molecule has 0 spiro atoms. The molecule has 0 fully saturated rings. The molecule has 0 saturated carbocycles. The van der Waals surface area contributed by atoms with Gasteiger partial charge in [-0.15, -0.1) is 12.4 Å². The average Bonchev–Trinajstić information content (AvgIpc) is 2.47. The first-order chi connectivity index (χ1) is 9.91. The average molecular weight is 320 g/mol. The number of carbonyl (C=O) groups is 2. The summed E-state index contributed by atoms with van der Waals surface area (Å²) in [5.41, 5.74) is 13.1. The summed E-state index contributed by atoms with van der Waals surface area (Å²) in [4.78, 5) is 27.4. The Hall–Kier alpha value is -2.40. The highest BCUT2D eigenvalue weighted by atomic mass is 35.5. The minimum Gasteiger partial charge on any atom is -0.366 e. The fourth-order valence-electron chi connectivity index (χ4n) is 2.26. The van der Waals surface area contributed by atoms with Crippen LogP contribution in [-0.4, -0.2) is 16.8 Å². The molecule has 2 amide bonds. The van der Waals surface area contributed by atoms with E-state index in [2.05, 4.69) is 4.98 Å². The third kappa shape index (κ3) is 3.43. The number of pyridine rings is 1. The van der Waals surface area contributed by atoms with Crippen molar-refractivity contribution in [2.24, 2.45) is 11.5 Å². The molecule has 1 heterocycles. The number of hydrogen-bond acceptors (Lipinski definition) is 3. The van der Waals surface area contributed by atoms with Crippen LogP contribution in [0.1, 0.15) is 50.5 Å². The summed E-state index contributed by atoms with van der Waals surface area (Å²) in [5, 5.41) is 0. The molecular formula is C16H18ClN3O2. The molecule has 1 aromatic carbocycles. The van der Waals surface area contributed by atoms with Crippen LogP contribution in [0, 0.1) is 6.92 Å². The third-order valence-corrected chi connectivity index (χ3v) is 3.53. The number of hydrogen-bond donors (Lipinski definition) is 2. The molecule has 5 nitrogen and oxygen atoms in total. The number of amides is 2. The molecule has 1 aromatic heterocycles. The molecule has 0 aliphatic rings. The summed E-state index contributed by atoms with van der Waals surface area (Å²) in [6, 6.07) is 11.3. The molecule has 0 saturated heterocycles. The van der Waals surface area contributed by atoms with E-state index in [0.29, 0.717) is 11.3 Å². The summed E-state index contributed by atoms with van der Waals surface area (Å²) in [5.74, 6) is -1.35. The highest BCUT2D eigenvalue weighted by Crippen LogP contribution is 2.25. The van der Waals surface area contributed by atoms with Crippen LogP contribution in [-0.2, 0) is 0 Å². The lowest BCUT2D eigenvalue weighted by Gasteiger charge is -2.15. The molecule has 2 rings (SSSR count). The molecule has 0 aliphatic carbocycles. The van der Waals surface area contributed by atoms with Crippen molar-refractivity contribution in [3.8, 4) is 0 Å². The smallest absolute Gasteiger partial charge is 0.267 e. The zero-order valence-corrected chi connectivity index (χ0v) is 13.2. The molecule has 0 radical (unpaired) electrons. The van der Waals surface area contributed by atoms with Gasteiger partial charge in [-0.2, -0.15) is 0 Å². The van der Waals surface area contributed by atoms with E-state index >= 15 is 0 Å². The number of aromatic nitrogens is 1. The Morgan fingerprint density at radius 3 is 2.18 bits per heavy atom. The van der Waals surface area contributed by atoms with Gasteiger partial charge in [0.1, 0.15) is 5.69 Å². The van der Waals surface area contributed by atoms with Crippen molar-refractivity contribution in [2.75, 3.05) is 0 Å². The van der Waals surface area contributed by atoms with Crippen LogP contribution in [0.3, 0.4) is 0 Å². The van der Waals surface area contributed by atoms with Gasteiger partial charge in [-0.05, 0) is 24.1 Å². The summed E-state index contributed by atoms with van der Waals surface area (Å²) in [7, 11) is 0. The highest BCUT2D eigenvalue weighted by molar-refractivity contribution is 5.99. The quantitative estimate of drug-likeness (QED) is 0.903. The maximum absolute atomic E-state index is 11.6. The number of halogens is 1. The molecular weight excluding hydrogens is 302 g/mol. The van der Waals surface area contributed by atoms with Crippen molar-refractivity contribution in [1.29, 1.82) is 0 Å². The normalized spacial score (nSPS) is 11.4. The van der Waals surface area contributed by atoms with Gasteiger partial charge >= 0.3 is 0 Å². The Kier molecular flexibility index (Phi) is 5.65. The van der Waals surface area contributed by atoms with Crippen molar-refractivity contribution in [2.45, 2.75) is 19.8 Å².